The third-order valence-electron chi connectivity index (χ3n) is 2.95. The van der Waals surface area contributed by atoms with Crippen molar-refractivity contribution < 1.29 is 0 Å². The van der Waals surface area contributed by atoms with Gasteiger partial charge in [-0.2, -0.15) is 0 Å². The average molecular weight is 282 g/mol. The highest BCUT2D eigenvalue weighted by molar-refractivity contribution is 9.10. The van der Waals surface area contributed by atoms with Crippen molar-refractivity contribution in [2.45, 2.75) is 19.4 Å². The molecule has 1 aromatic carbocycles. The van der Waals surface area contributed by atoms with Gasteiger partial charge in [0.25, 0.3) is 0 Å². The number of hydrogen-bond donors (Lipinski definition) is 1. The quantitative estimate of drug-likeness (QED) is 0.937. The molecule has 1 aromatic heterocycles. The Bertz CT molecular complexity index is 500. The van der Waals surface area contributed by atoms with Gasteiger partial charge < -0.3 is 9.88 Å². The molecule has 0 aliphatic rings. The summed E-state index contributed by atoms with van der Waals surface area (Å²) in [6, 6.07) is 6.52. The molecule has 86 valence electrons. The zero-order chi connectivity index (χ0) is 11.7. The lowest BCUT2D eigenvalue weighted by Gasteiger charge is -2.13. The molecule has 0 spiro atoms. The fourth-order valence-corrected chi connectivity index (χ4v) is 2.37. The maximum absolute atomic E-state index is 4.69. The first kappa shape index (κ1) is 11.6. The average Bonchev–Trinajstić information content (AvgIpc) is 2.58. The van der Waals surface area contributed by atoms with Gasteiger partial charge in [-0.15, -0.1) is 0 Å². The summed E-state index contributed by atoms with van der Waals surface area (Å²) >= 11 is 3.47. The molecule has 0 saturated carbocycles. The van der Waals surface area contributed by atoms with Crippen LogP contribution in [-0.4, -0.2) is 16.6 Å². The van der Waals surface area contributed by atoms with Gasteiger partial charge in [-0.25, -0.2) is 4.98 Å². The van der Waals surface area contributed by atoms with Gasteiger partial charge in [-0.05, 0) is 31.7 Å². The summed E-state index contributed by atoms with van der Waals surface area (Å²) in [5.41, 5.74) is 2.22. The Hall–Kier alpha value is -0.870. The minimum absolute atomic E-state index is 0.316. The van der Waals surface area contributed by atoms with Crippen molar-refractivity contribution in [3.8, 4) is 0 Å². The van der Waals surface area contributed by atoms with Crippen LogP contribution in [-0.2, 0) is 7.05 Å². The number of halogens is 1. The highest BCUT2D eigenvalue weighted by Crippen LogP contribution is 2.23. The molecule has 1 unspecified atom stereocenters. The summed E-state index contributed by atoms with van der Waals surface area (Å²) in [4.78, 5) is 4.69. The van der Waals surface area contributed by atoms with Crippen molar-refractivity contribution in [3.05, 3.63) is 28.5 Å². The van der Waals surface area contributed by atoms with Gasteiger partial charge in [0.1, 0.15) is 5.82 Å². The Morgan fingerprint density at radius 1 is 1.50 bits per heavy atom. The molecule has 0 aliphatic heterocycles. The van der Waals surface area contributed by atoms with Crippen LogP contribution < -0.4 is 5.32 Å². The van der Waals surface area contributed by atoms with E-state index in [0.717, 1.165) is 22.2 Å². The minimum atomic E-state index is 0.316. The molecule has 1 atom stereocenters. The smallest absolute Gasteiger partial charge is 0.126 e. The Kier molecular flexibility index (Phi) is 3.30. The van der Waals surface area contributed by atoms with Crippen molar-refractivity contribution >= 4 is 27.0 Å². The molecule has 0 amide bonds. The number of hydrogen-bond acceptors (Lipinski definition) is 2. The third kappa shape index (κ3) is 1.87. The van der Waals surface area contributed by atoms with E-state index in [9.17, 15) is 0 Å². The largest absolute Gasteiger partial charge is 0.330 e. The first-order chi connectivity index (χ1) is 7.67. The van der Waals surface area contributed by atoms with Crippen LogP contribution in [0.5, 0.6) is 0 Å². The molecule has 0 bridgehead atoms. The Morgan fingerprint density at radius 2 is 2.25 bits per heavy atom. The topological polar surface area (TPSA) is 29.9 Å². The first-order valence-electron chi connectivity index (χ1n) is 5.46. The van der Waals surface area contributed by atoms with Crippen LogP contribution in [0.2, 0.25) is 0 Å². The lowest BCUT2D eigenvalue weighted by Crippen LogP contribution is -2.19. The molecule has 0 radical (unpaired) electrons. The van der Waals surface area contributed by atoms with Gasteiger partial charge in [0.15, 0.2) is 0 Å². The molecular formula is C12H16BrN3. The number of aryl methyl sites for hydroxylation is 1. The predicted octanol–water partition coefficient (Wildman–Crippen LogP) is 3.01. The van der Waals surface area contributed by atoms with Gasteiger partial charge in [-0.1, -0.05) is 22.9 Å². The molecule has 0 fully saturated rings. The molecule has 0 saturated heterocycles. The number of aromatic nitrogens is 2. The van der Waals surface area contributed by atoms with Gasteiger partial charge in [0.2, 0.25) is 0 Å². The van der Waals surface area contributed by atoms with Crippen molar-refractivity contribution in [1.29, 1.82) is 0 Å². The SMILES string of the molecule is CCC(NC)c1nc2cc(Br)ccc2n1C. The number of nitrogens with one attached hydrogen (secondary N) is 1. The zero-order valence-corrected chi connectivity index (χ0v) is 11.4. The second-order valence-electron chi connectivity index (χ2n) is 3.91. The van der Waals surface area contributed by atoms with E-state index in [1.54, 1.807) is 0 Å². The Morgan fingerprint density at radius 3 is 2.88 bits per heavy atom. The van der Waals surface area contributed by atoms with Crippen LogP contribution in [0.25, 0.3) is 11.0 Å². The molecule has 1 N–H and O–H groups in total. The summed E-state index contributed by atoms with van der Waals surface area (Å²) in [6.45, 7) is 2.16. The van der Waals surface area contributed by atoms with Crippen LogP contribution in [0.4, 0.5) is 0 Å². The second kappa shape index (κ2) is 4.55. The number of rotatable bonds is 3. The fourth-order valence-electron chi connectivity index (χ4n) is 2.02. The Labute approximate surface area is 104 Å². The molecule has 2 aromatic rings. The summed E-state index contributed by atoms with van der Waals surface area (Å²) in [6.07, 6.45) is 1.04. The van der Waals surface area contributed by atoms with Crippen LogP contribution in [0, 0.1) is 0 Å². The Balaban J connectivity index is 2.59. The van der Waals surface area contributed by atoms with Crippen LogP contribution in [0.15, 0.2) is 22.7 Å². The predicted molar refractivity (Wildman–Crippen MR) is 70.5 cm³/mol. The monoisotopic (exact) mass is 281 g/mol. The molecule has 0 aliphatic carbocycles. The van der Waals surface area contributed by atoms with Gasteiger partial charge in [0, 0.05) is 11.5 Å². The summed E-state index contributed by atoms with van der Waals surface area (Å²) in [5.74, 6) is 1.10. The maximum Gasteiger partial charge on any atom is 0.126 e. The summed E-state index contributed by atoms with van der Waals surface area (Å²) < 4.78 is 3.23. The normalized spacial score (nSPS) is 13.2. The minimum Gasteiger partial charge on any atom is -0.330 e. The molecule has 1 heterocycles. The van der Waals surface area contributed by atoms with Crippen molar-refractivity contribution in [2.75, 3.05) is 7.05 Å². The van der Waals surface area contributed by atoms with Crippen molar-refractivity contribution in [2.24, 2.45) is 7.05 Å². The van der Waals surface area contributed by atoms with Crippen molar-refractivity contribution in [1.82, 2.24) is 14.9 Å². The molecule has 2 rings (SSSR count). The lowest BCUT2D eigenvalue weighted by atomic mass is 10.2. The van der Waals surface area contributed by atoms with Crippen LogP contribution in [0.3, 0.4) is 0 Å². The van der Waals surface area contributed by atoms with E-state index in [1.807, 2.05) is 13.1 Å². The first-order valence-corrected chi connectivity index (χ1v) is 6.25. The molecular weight excluding hydrogens is 266 g/mol. The van der Waals surface area contributed by atoms with E-state index in [-0.39, 0.29) is 0 Å². The lowest BCUT2D eigenvalue weighted by molar-refractivity contribution is 0.529. The van der Waals surface area contributed by atoms with E-state index in [2.05, 4.69) is 56.9 Å². The number of nitrogens with zero attached hydrogens (tertiary/aromatic N) is 2. The van der Waals surface area contributed by atoms with Gasteiger partial charge >= 0.3 is 0 Å². The maximum atomic E-state index is 4.69. The zero-order valence-electron chi connectivity index (χ0n) is 9.79. The number of benzene rings is 1. The number of fused-ring (bicyclic) bond motifs is 1. The van der Waals surface area contributed by atoms with E-state index in [0.29, 0.717) is 6.04 Å². The summed E-state index contributed by atoms with van der Waals surface area (Å²) in [7, 11) is 4.04. The van der Waals surface area contributed by atoms with E-state index >= 15 is 0 Å². The summed E-state index contributed by atoms with van der Waals surface area (Å²) in [5, 5.41) is 3.29. The third-order valence-corrected chi connectivity index (χ3v) is 3.44. The van der Waals surface area contributed by atoms with E-state index in [4.69, 9.17) is 0 Å². The highest BCUT2D eigenvalue weighted by Gasteiger charge is 2.15. The number of imidazole rings is 1. The highest BCUT2D eigenvalue weighted by atomic mass is 79.9. The van der Waals surface area contributed by atoms with Gasteiger partial charge in [0.05, 0.1) is 17.1 Å². The standard InChI is InChI=1S/C12H16BrN3/c1-4-9(14-2)12-15-10-7-8(13)5-6-11(10)16(12)3/h5-7,9,14H,4H2,1-3H3. The fraction of sp³-hybridized carbons (Fsp3) is 0.417. The molecule has 4 heteroatoms. The van der Waals surface area contributed by atoms with Gasteiger partial charge in [-0.3, -0.25) is 0 Å². The second-order valence-corrected chi connectivity index (χ2v) is 4.83. The van der Waals surface area contributed by atoms with Crippen LogP contribution >= 0.6 is 15.9 Å². The van der Waals surface area contributed by atoms with Crippen molar-refractivity contribution in [3.63, 3.8) is 0 Å². The van der Waals surface area contributed by atoms with Crippen LogP contribution in [0.1, 0.15) is 25.2 Å². The van der Waals surface area contributed by atoms with E-state index in [1.165, 1.54) is 5.52 Å². The van der Waals surface area contributed by atoms with E-state index < -0.39 is 0 Å². The molecule has 16 heavy (non-hydrogen) atoms. The molecule has 3 nitrogen and oxygen atoms in total.